The monoisotopic (exact) mass is 347 g/mol. The normalized spacial score (nSPS) is 26.5. The Hall–Kier alpha value is -1.77. The first-order chi connectivity index (χ1) is 10.4. The van der Waals surface area contributed by atoms with Crippen molar-refractivity contribution in [3.05, 3.63) is 11.3 Å². The van der Waals surface area contributed by atoms with E-state index in [1.54, 1.807) is 20.8 Å². The molecule has 2 aliphatic heterocycles. The molecule has 2 rings (SSSR count). The molecule has 2 atom stereocenters. The minimum absolute atomic E-state index is 0.00312. The first kappa shape index (κ1) is 17.6. The Kier molecular flexibility index (Phi) is 4.13. The van der Waals surface area contributed by atoms with E-state index in [2.05, 4.69) is 0 Å². The van der Waals surface area contributed by atoms with Gasteiger partial charge in [0.05, 0.1) is 11.4 Å². The molecule has 2 heterocycles. The van der Waals surface area contributed by atoms with E-state index < -0.39 is 56.8 Å². The molecule has 2 aliphatic rings. The number of fused-ring (bicyclic) bond motifs is 1. The van der Waals surface area contributed by atoms with Crippen molar-refractivity contribution in [2.75, 3.05) is 12.4 Å². The lowest BCUT2D eigenvalue weighted by atomic mass is 9.86. The molecule has 1 fully saturated rings. The van der Waals surface area contributed by atoms with E-state index in [-0.39, 0.29) is 11.3 Å². The summed E-state index contributed by atoms with van der Waals surface area (Å²) < 4.78 is 42.8. The fraction of sp³-hybridized carbons (Fsp3) is 0.643. The van der Waals surface area contributed by atoms with Crippen molar-refractivity contribution in [2.24, 2.45) is 5.41 Å². The lowest BCUT2D eigenvalue weighted by molar-refractivity contribution is -0.152. The summed E-state index contributed by atoms with van der Waals surface area (Å²) in [5, 5.41) is -1.67. The van der Waals surface area contributed by atoms with Crippen molar-refractivity contribution < 1.29 is 31.9 Å². The average molecular weight is 347 g/mol. The lowest BCUT2D eigenvalue weighted by Gasteiger charge is -2.47. The summed E-state index contributed by atoms with van der Waals surface area (Å²) in [4.78, 5) is 36.1. The highest BCUT2D eigenvalue weighted by Gasteiger charge is 2.61. The molecule has 0 saturated carbocycles. The van der Waals surface area contributed by atoms with E-state index in [0.717, 1.165) is 6.92 Å². The molecule has 0 radical (unpaired) electrons. The number of alkyl halides is 1. The Morgan fingerprint density at radius 1 is 1.35 bits per heavy atom. The molecule has 23 heavy (non-hydrogen) atoms. The third kappa shape index (κ3) is 2.89. The van der Waals surface area contributed by atoms with Gasteiger partial charge in [0.15, 0.2) is 21.0 Å². The standard InChI is InChI=1S/C14H18FNO6S/c1-7(17)22-5-8-6-23(20,21)13-9(15)12(19)16(13)10(8)11(18)14(2,3)4/h9,13H,5-6H2,1-4H3/t9-,13-/m0/s1. The summed E-state index contributed by atoms with van der Waals surface area (Å²) >= 11 is 0. The third-order valence-corrected chi connectivity index (χ3v) is 5.58. The Morgan fingerprint density at radius 3 is 2.39 bits per heavy atom. The number of sulfone groups is 1. The summed E-state index contributed by atoms with van der Waals surface area (Å²) in [6.45, 7) is 5.50. The predicted octanol–water partition coefficient (Wildman–Crippen LogP) is 0.354. The Bertz CT molecular complexity index is 718. The van der Waals surface area contributed by atoms with Crippen LogP contribution in [0.25, 0.3) is 0 Å². The van der Waals surface area contributed by atoms with E-state index in [0.29, 0.717) is 4.90 Å². The average Bonchev–Trinajstić information content (AvgIpc) is 2.40. The van der Waals surface area contributed by atoms with Gasteiger partial charge in [-0.25, -0.2) is 12.8 Å². The van der Waals surface area contributed by atoms with Gasteiger partial charge in [-0.2, -0.15) is 0 Å². The molecule has 9 heteroatoms. The van der Waals surface area contributed by atoms with Crippen molar-refractivity contribution in [3.63, 3.8) is 0 Å². The van der Waals surface area contributed by atoms with Gasteiger partial charge in [0.1, 0.15) is 6.61 Å². The molecule has 0 spiro atoms. The third-order valence-electron chi connectivity index (χ3n) is 3.64. The Labute approximate surface area is 133 Å². The van der Waals surface area contributed by atoms with Gasteiger partial charge in [0.25, 0.3) is 5.91 Å². The van der Waals surface area contributed by atoms with Gasteiger partial charge in [-0.05, 0) is 0 Å². The number of halogens is 1. The minimum Gasteiger partial charge on any atom is -0.461 e. The van der Waals surface area contributed by atoms with E-state index in [9.17, 15) is 27.2 Å². The van der Waals surface area contributed by atoms with Gasteiger partial charge in [0, 0.05) is 17.9 Å². The van der Waals surface area contributed by atoms with Crippen LogP contribution >= 0.6 is 0 Å². The highest BCUT2D eigenvalue weighted by Crippen LogP contribution is 2.40. The Balaban J connectivity index is 2.56. The molecule has 0 unspecified atom stereocenters. The molecular weight excluding hydrogens is 329 g/mol. The molecule has 0 aromatic heterocycles. The Morgan fingerprint density at radius 2 is 1.91 bits per heavy atom. The highest BCUT2D eigenvalue weighted by atomic mass is 32.2. The number of rotatable bonds is 3. The lowest BCUT2D eigenvalue weighted by Crippen LogP contribution is -2.69. The summed E-state index contributed by atoms with van der Waals surface area (Å²) in [7, 11) is -3.99. The molecule has 0 bridgehead atoms. The maximum Gasteiger partial charge on any atom is 0.302 e. The summed E-state index contributed by atoms with van der Waals surface area (Å²) in [5.74, 6) is -2.84. The number of carbonyl (C=O) groups is 3. The number of amides is 1. The topological polar surface area (TPSA) is 97.8 Å². The van der Waals surface area contributed by atoms with E-state index >= 15 is 0 Å². The van der Waals surface area contributed by atoms with Gasteiger partial charge >= 0.3 is 5.97 Å². The van der Waals surface area contributed by atoms with Crippen LogP contribution in [0.1, 0.15) is 27.7 Å². The van der Waals surface area contributed by atoms with Crippen LogP contribution in [0.3, 0.4) is 0 Å². The zero-order valence-electron chi connectivity index (χ0n) is 13.3. The summed E-state index contributed by atoms with van der Waals surface area (Å²) in [6, 6.07) is 0. The summed E-state index contributed by atoms with van der Waals surface area (Å²) in [5.41, 5.74) is -1.08. The van der Waals surface area contributed by atoms with Crippen molar-refractivity contribution in [3.8, 4) is 0 Å². The zero-order chi connectivity index (χ0) is 17.7. The van der Waals surface area contributed by atoms with Crippen LogP contribution in [0.4, 0.5) is 4.39 Å². The fourth-order valence-corrected chi connectivity index (χ4v) is 4.39. The van der Waals surface area contributed by atoms with Crippen LogP contribution in [0.2, 0.25) is 0 Å². The number of β-lactam (4-membered cyclic amide) rings is 1. The van der Waals surface area contributed by atoms with E-state index in [4.69, 9.17) is 4.74 Å². The van der Waals surface area contributed by atoms with Crippen LogP contribution in [0.5, 0.6) is 0 Å². The number of esters is 1. The van der Waals surface area contributed by atoms with Crippen molar-refractivity contribution in [2.45, 2.75) is 39.2 Å². The number of ether oxygens (including phenoxy) is 1. The van der Waals surface area contributed by atoms with Crippen molar-refractivity contribution >= 4 is 27.5 Å². The number of hydrogen-bond acceptors (Lipinski definition) is 6. The molecule has 1 saturated heterocycles. The largest absolute Gasteiger partial charge is 0.461 e. The first-order valence-electron chi connectivity index (χ1n) is 6.97. The molecule has 1 amide bonds. The van der Waals surface area contributed by atoms with Crippen LogP contribution in [-0.4, -0.2) is 54.9 Å². The second-order valence-corrected chi connectivity index (χ2v) is 8.72. The SMILES string of the molecule is CC(=O)OCC1=C(C(=O)C(C)(C)C)N2C(=O)[C@H](F)[C@@H]2S(=O)(=O)C1. The van der Waals surface area contributed by atoms with Gasteiger partial charge < -0.3 is 4.74 Å². The highest BCUT2D eigenvalue weighted by molar-refractivity contribution is 7.92. The smallest absolute Gasteiger partial charge is 0.302 e. The first-order valence-corrected chi connectivity index (χ1v) is 8.68. The van der Waals surface area contributed by atoms with Gasteiger partial charge in [-0.3, -0.25) is 19.3 Å². The number of hydrogen-bond donors (Lipinski definition) is 0. The van der Waals surface area contributed by atoms with E-state index in [1.165, 1.54) is 0 Å². The van der Waals surface area contributed by atoms with Crippen LogP contribution in [0, 0.1) is 5.41 Å². The van der Waals surface area contributed by atoms with Crippen molar-refractivity contribution in [1.29, 1.82) is 0 Å². The number of Topliss-reactive ketones (excluding diaryl/α,β-unsaturated/α-hetero) is 1. The van der Waals surface area contributed by atoms with Gasteiger partial charge in [-0.1, -0.05) is 20.8 Å². The quantitative estimate of drug-likeness (QED) is 0.540. The number of ketones is 1. The molecule has 7 nitrogen and oxygen atoms in total. The van der Waals surface area contributed by atoms with Crippen LogP contribution in [0.15, 0.2) is 11.3 Å². The number of nitrogens with zero attached hydrogens (tertiary/aromatic N) is 1. The van der Waals surface area contributed by atoms with Crippen LogP contribution in [-0.2, 0) is 29.0 Å². The second-order valence-electron chi connectivity index (χ2n) is 6.62. The van der Waals surface area contributed by atoms with Crippen LogP contribution < -0.4 is 0 Å². The van der Waals surface area contributed by atoms with Crippen molar-refractivity contribution in [1.82, 2.24) is 4.90 Å². The maximum absolute atomic E-state index is 13.7. The molecule has 0 aromatic carbocycles. The molecule has 0 aromatic rings. The minimum atomic E-state index is -3.99. The molecule has 128 valence electrons. The molecular formula is C14H18FNO6S. The van der Waals surface area contributed by atoms with Gasteiger partial charge in [-0.15, -0.1) is 0 Å². The van der Waals surface area contributed by atoms with Gasteiger partial charge in [0.2, 0.25) is 6.17 Å². The number of carbonyl (C=O) groups excluding carboxylic acids is 3. The zero-order valence-corrected chi connectivity index (χ0v) is 14.1. The van der Waals surface area contributed by atoms with E-state index in [1.807, 2.05) is 0 Å². The molecule has 0 N–H and O–H groups in total. The maximum atomic E-state index is 13.7. The predicted molar refractivity (Wildman–Crippen MR) is 77.4 cm³/mol. The fourth-order valence-electron chi connectivity index (χ4n) is 2.50. The molecule has 0 aliphatic carbocycles. The number of allylic oxidation sites excluding steroid dienone is 1. The second kappa shape index (κ2) is 5.40. The summed E-state index contributed by atoms with van der Waals surface area (Å²) in [6.07, 6.45) is -2.17.